The highest BCUT2D eigenvalue weighted by Gasteiger charge is 2.32. The van der Waals surface area contributed by atoms with Gasteiger partial charge in [0.05, 0.1) is 6.61 Å². The van der Waals surface area contributed by atoms with E-state index in [4.69, 9.17) is 16.3 Å². The van der Waals surface area contributed by atoms with Gasteiger partial charge in [-0.05, 0) is 68.8 Å². The first-order valence-electron chi connectivity index (χ1n) is 11.8. The van der Waals surface area contributed by atoms with Crippen LogP contribution in [0.1, 0.15) is 44.1 Å². The third kappa shape index (κ3) is 6.67. The van der Waals surface area contributed by atoms with Crippen molar-refractivity contribution in [3.05, 3.63) is 34.9 Å². The summed E-state index contributed by atoms with van der Waals surface area (Å²) in [6.45, 7) is 11.5. The number of piperazine rings is 1. The maximum absolute atomic E-state index is 6.15. The van der Waals surface area contributed by atoms with E-state index in [2.05, 4.69) is 32.9 Å². The Balaban J connectivity index is 1.11. The highest BCUT2D eigenvalue weighted by molar-refractivity contribution is 6.30. The Morgan fingerprint density at radius 1 is 0.966 bits per heavy atom. The van der Waals surface area contributed by atoms with Gasteiger partial charge in [-0.15, -0.1) is 0 Å². The van der Waals surface area contributed by atoms with Crippen LogP contribution in [0, 0.1) is 5.92 Å². The number of hydrogen-bond donors (Lipinski definition) is 0. The zero-order valence-corrected chi connectivity index (χ0v) is 18.7. The van der Waals surface area contributed by atoms with E-state index in [0.717, 1.165) is 43.3 Å². The van der Waals surface area contributed by atoms with Crippen molar-refractivity contribution >= 4 is 11.6 Å². The second-order valence-corrected chi connectivity index (χ2v) is 9.72. The summed E-state index contributed by atoms with van der Waals surface area (Å²) in [5.41, 5.74) is 1.33. The Morgan fingerprint density at radius 3 is 2.72 bits per heavy atom. The van der Waals surface area contributed by atoms with Crippen LogP contribution in [0.3, 0.4) is 0 Å². The number of benzene rings is 1. The number of nitrogens with zero attached hydrogens (tertiary/aromatic N) is 3. The van der Waals surface area contributed by atoms with Crippen molar-refractivity contribution in [2.24, 2.45) is 5.92 Å². The molecular weight excluding hydrogens is 382 g/mol. The molecule has 0 bridgehead atoms. The van der Waals surface area contributed by atoms with E-state index in [1.807, 2.05) is 6.07 Å². The van der Waals surface area contributed by atoms with Gasteiger partial charge < -0.3 is 9.64 Å². The number of rotatable bonds is 8. The molecule has 3 heterocycles. The summed E-state index contributed by atoms with van der Waals surface area (Å²) in [4.78, 5) is 7.94. The van der Waals surface area contributed by atoms with Crippen molar-refractivity contribution in [2.45, 2.75) is 51.1 Å². The second kappa shape index (κ2) is 11.1. The Hall–Kier alpha value is -0.650. The van der Waals surface area contributed by atoms with Crippen LogP contribution in [-0.2, 0) is 11.3 Å². The first-order valence-corrected chi connectivity index (χ1v) is 12.1. The van der Waals surface area contributed by atoms with Crippen LogP contribution in [0.4, 0.5) is 0 Å². The van der Waals surface area contributed by atoms with Gasteiger partial charge in [0.1, 0.15) is 0 Å². The smallest absolute Gasteiger partial charge is 0.0506 e. The highest BCUT2D eigenvalue weighted by atomic mass is 35.5. The van der Waals surface area contributed by atoms with Gasteiger partial charge in [-0.25, -0.2) is 0 Å². The maximum atomic E-state index is 6.15. The molecule has 3 fully saturated rings. The molecule has 3 aliphatic heterocycles. The van der Waals surface area contributed by atoms with Gasteiger partial charge in [0, 0.05) is 56.9 Å². The fourth-order valence-electron chi connectivity index (χ4n) is 5.32. The third-order valence-electron chi connectivity index (χ3n) is 6.95. The number of piperidine rings is 2. The summed E-state index contributed by atoms with van der Waals surface area (Å²) >= 11 is 6.15. The minimum absolute atomic E-state index is 0.721. The lowest BCUT2D eigenvalue weighted by molar-refractivity contribution is -0.00316. The van der Waals surface area contributed by atoms with Gasteiger partial charge in [0.2, 0.25) is 0 Å². The van der Waals surface area contributed by atoms with E-state index < -0.39 is 0 Å². The van der Waals surface area contributed by atoms with Crippen LogP contribution in [-0.4, -0.2) is 79.8 Å². The molecule has 2 atom stereocenters. The molecule has 4 rings (SSSR count). The number of likely N-dealkylation sites (tertiary alicyclic amines) is 1. The summed E-state index contributed by atoms with van der Waals surface area (Å²) in [7, 11) is 0. The number of hydrogen-bond acceptors (Lipinski definition) is 4. The van der Waals surface area contributed by atoms with Gasteiger partial charge in [-0.2, -0.15) is 0 Å². The van der Waals surface area contributed by atoms with Gasteiger partial charge in [0.15, 0.2) is 0 Å². The SMILES string of the molecule is Clc1cccc(CN2CCN3C[C@@H](COCCCN4CCCCC4)CC[C@H]3C2)c1. The van der Waals surface area contributed by atoms with Crippen LogP contribution < -0.4 is 0 Å². The minimum Gasteiger partial charge on any atom is -0.381 e. The molecule has 0 amide bonds. The van der Waals surface area contributed by atoms with Crippen LogP contribution in [0.15, 0.2) is 24.3 Å². The second-order valence-electron chi connectivity index (χ2n) is 9.29. The summed E-state index contributed by atoms with van der Waals surface area (Å²) in [5, 5.41) is 0.845. The standard InChI is InChI=1S/C24H38ClN3O/c25-23-7-4-6-21(16-23)17-27-13-14-28-18-22(8-9-24(28)19-27)20-29-15-5-12-26-10-2-1-3-11-26/h4,6-7,16,22,24H,1-3,5,8-15,17-20H2/t22-,24-/m0/s1. The lowest BCUT2D eigenvalue weighted by Crippen LogP contribution is -2.56. The van der Waals surface area contributed by atoms with E-state index in [1.54, 1.807) is 0 Å². The number of fused-ring (bicyclic) bond motifs is 1. The summed E-state index contributed by atoms with van der Waals surface area (Å²) in [5.74, 6) is 0.723. The molecule has 29 heavy (non-hydrogen) atoms. The lowest BCUT2D eigenvalue weighted by atomic mass is 9.91. The Bertz CT molecular complexity index is 622. The van der Waals surface area contributed by atoms with E-state index in [-0.39, 0.29) is 0 Å². The Labute approximate surface area is 182 Å². The third-order valence-corrected chi connectivity index (χ3v) is 7.19. The van der Waals surface area contributed by atoms with E-state index in [0.29, 0.717) is 0 Å². The Morgan fingerprint density at radius 2 is 1.86 bits per heavy atom. The number of ether oxygens (including phenoxy) is 1. The predicted octanol–water partition coefficient (Wildman–Crippen LogP) is 4.13. The molecule has 4 nitrogen and oxygen atoms in total. The maximum Gasteiger partial charge on any atom is 0.0506 e. The lowest BCUT2D eigenvalue weighted by Gasteiger charge is -2.46. The van der Waals surface area contributed by atoms with Crippen molar-refractivity contribution in [1.29, 1.82) is 0 Å². The normalized spacial score (nSPS) is 27.1. The molecule has 0 saturated carbocycles. The molecule has 3 aliphatic rings. The molecule has 0 radical (unpaired) electrons. The fraction of sp³-hybridized carbons (Fsp3) is 0.750. The summed E-state index contributed by atoms with van der Waals surface area (Å²) in [6, 6.07) is 9.04. The molecule has 1 aromatic rings. The van der Waals surface area contributed by atoms with Crippen molar-refractivity contribution < 1.29 is 4.74 Å². The quantitative estimate of drug-likeness (QED) is 0.589. The summed E-state index contributed by atoms with van der Waals surface area (Å²) < 4.78 is 6.08. The zero-order chi connectivity index (χ0) is 19.9. The van der Waals surface area contributed by atoms with Crippen molar-refractivity contribution in [2.75, 3.05) is 59.0 Å². The zero-order valence-electron chi connectivity index (χ0n) is 17.9. The minimum atomic E-state index is 0.721. The molecule has 162 valence electrons. The molecule has 5 heteroatoms. The molecule has 0 aromatic heterocycles. The van der Waals surface area contributed by atoms with Gasteiger partial charge in [-0.1, -0.05) is 30.2 Å². The van der Waals surface area contributed by atoms with Crippen molar-refractivity contribution in [1.82, 2.24) is 14.7 Å². The van der Waals surface area contributed by atoms with E-state index >= 15 is 0 Å². The average Bonchev–Trinajstić information content (AvgIpc) is 2.74. The highest BCUT2D eigenvalue weighted by Crippen LogP contribution is 2.26. The van der Waals surface area contributed by atoms with Gasteiger partial charge in [0.25, 0.3) is 0 Å². The molecule has 0 spiro atoms. The van der Waals surface area contributed by atoms with Crippen LogP contribution in [0.5, 0.6) is 0 Å². The monoisotopic (exact) mass is 419 g/mol. The molecule has 0 N–H and O–H groups in total. The molecule has 3 saturated heterocycles. The first-order chi connectivity index (χ1) is 14.3. The van der Waals surface area contributed by atoms with Gasteiger partial charge in [-0.3, -0.25) is 9.80 Å². The molecule has 0 unspecified atom stereocenters. The number of halogens is 1. The predicted molar refractivity (Wildman–Crippen MR) is 121 cm³/mol. The first kappa shape index (κ1) is 21.6. The topological polar surface area (TPSA) is 19.0 Å². The van der Waals surface area contributed by atoms with Crippen molar-refractivity contribution in [3.8, 4) is 0 Å². The average molecular weight is 420 g/mol. The molecular formula is C24H38ClN3O. The molecule has 0 aliphatic carbocycles. The Kier molecular flexibility index (Phi) is 8.26. The fourth-order valence-corrected chi connectivity index (χ4v) is 5.53. The van der Waals surface area contributed by atoms with Crippen LogP contribution >= 0.6 is 11.6 Å². The van der Waals surface area contributed by atoms with Crippen LogP contribution in [0.2, 0.25) is 5.02 Å². The van der Waals surface area contributed by atoms with E-state index in [9.17, 15) is 0 Å². The van der Waals surface area contributed by atoms with Crippen LogP contribution in [0.25, 0.3) is 0 Å². The van der Waals surface area contributed by atoms with Crippen molar-refractivity contribution in [3.63, 3.8) is 0 Å². The van der Waals surface area contributed by atoms with E-state index in [1.165, 1.54) is 83.4 Å². The molecule has 1 aromatic carbocycles. The van der Waals surface area contributed by atoms with Gasteiger partial charge >= 0.3 is 0 Å². The largest absolute Gasteiger partial charge is 0.381 e. The summed E-state index contributed by atoms with van der Waals surface area (Å²) in [6.07, 6.45) is 8.02.